The van der Waals surface area contributed by atoms with E-state index < -0.39 is 18.4 Å². The Bertz CT molecular complexity index is 1820. The van der Waals surface area contributed by atoms with E-state index >= 15 is 0 Å². The molecule has 0 aromatic heterocycles. The van der Waals surface area contributed by atoms with Crippen molar-refractivity contribution in [2.24, 2.45) is 0 Å². The number of carbonyl (C=O) groups is 2. The van der Waals surface area contributed by atoms with Crippen LogP contribution in [-0.4, -0.2) is 62.1 Å². The van der Waals surface area contributed by atoms with E-state index in [1.54, 1.807) is 4.90 Å². The first kappa shape index (κ1) is 34.9. The number of benzene rings is 5. The number of nitrogens with zero attached hydrogens (tertiary/aromatic N) is 1. The number of aryl methyl sites for hydroxylation is 1. The summed E-state index contributed by atoms with van der Waals surface area (Å²) in [5, 5.41) is 5.11. The first-order valence-electron chi connectivity index (χ1n) is 17.7. The molecule has 0 saturated carbocycles. The average molecular weight is 671 g/mol. The summed E-state index contributed by atoms with van der Waals surface area (Å²) in [4.78, 5) is 30.1. The van der Waals surface area contributed by atoms with Gasteiger partial charge in [0.25, 0.3) is 0 Å². The number of hydrogen-bond donors (Lipinski definition) is 1. The normalized spacial score (nSPS) is 12.8. The highest BCUT2D eigenvalue weighted by atomic mass is 16.7. The van der Waals surface area contributed by atoms with Gasteiger partial charge in [-0.25, -0.2) is 4.79 Å². The van der Waals surface area contributed by atoms with Crippen LogP contribution in [0.25, 0.3) is 21.9 Å². The first-order valence-corrected chi connectivity index (χ1v) is 17.7. The van der Waals surface area contributed by atoms with Gasteiger partial charge in [0, 0.05) is 32.1 Å². The third-order valence-electron chi connectivity index (χ3n) is 9.36. The maximum absolute atomic E-state index is 14.6. The predicted octanol–water partition coefficient (Wildman–Crippen LogP) is 8.15. The smallest absolute Gasteiger partial charge is 0.407 e. The van der Waals surface area contributed by atoms with Gasteiger partial charge < -0.3 is 24.4 Å². The van der Waals surface area contributed by atoms with Crippen molar-refractivity contribution in [3.05, 3.63) is 144 Å². The maximum atomic E-state index is 14.6. The fraction of sp³-hybridized carbons (Fsp3) is 0.302. The minimum atomic E-state index is -0.878. The van der Waals surface area contributed by atoms with Crippen LogP contribution >= 0.6 is 0 Å². The highest BCUT2D eigenvalue weighted by Gasteiger charge is 2.32. The number of nitrogens with one attached hydrogen (secondary N) is 1. The summed E-state index contributed by atoms with van der Waals surface area (Å²) < 4.78 is 17.7. The Kier molecular flexibility index (Phi) is 11.9. The highest BCUT2D eigenvalue weighted by Crippen LogP contribution is 2.44. The van der Waals surface area contributed by atoms with Crippen molar-refractivity contribution in [3.63, 3.8) is 0 Å². The lowest BCUT2D eigenvalue weighted by molar-refractivity contribution is -0.160. The summed E-state index contributed by atoms with van der Waals surface area (Å²) in [7, 11) is 0. The average Bonchev–Trinajstić information content (AvgIpc) is 3.47. The van der Waals surface area contributed by atoms with E-state index in [1.807, 2.05) is 80.6 Å². The molecule has 1 atom stereocenters. The second-order valence-electron chi connectivity index (χ2n) is 12.6. The Morgan fingerprint density at radius 1 is 0.740 bits per heavy atom. The Hall–Kier alpha value is -4.98. The predicted molar refractivity (Wildman–Crippen MR) is 198 cm³/mol. The van der Waals surface area contributed by atoms with E-state index in [0.717, 1.165) is 51.4 Å². The molecule has 0 spiro atoms. The van der Waals surface area contributed by atoms with Gasteiger partial charge in [-0.15, -0.1) is 0 Å². The molecule has 7 heteroatoms. The number of amides is 2. The van der Waals surface area contributed by atoms with Crippen molar-refractivity contribution in [2.75, 3.05) is 32.9 Å². The van der Waals surface area contributed by atoms with E-state index in [4.69, 9.17) is 14.2 Å². The molecule has 5 aromatic rings. The molecule has 0 radical (unpaired) electrons. The molecule has 0 aliphatic heterocycles. The number of fused-ring (bicyclic) bond motifs is 4. The third-order valence-corrected chi connectivity index (χ3v) is 9.36. The van der Waals surface area contributed by atoms with Crippen LogP contribution in [0.15, 0.2) is 121 Å². The van der Waals surface area contributed by atoms with E-state index in [-0.39, 0.29) is 25.0 Å². The second kappa shape index (κ2) is 17.1. The topological polar surface area (TPSA) is 77.1 Å². The van der Waals surface area contributed by atoms with Crippen molar-refractivity contribution in [1.82, 2.24) is 10.2 Å². The standard InChI is InChI=1S/C43H46N2O5/c1-3-48-41(49-4-2)29-45(27-15-18-31-16-6-5-7-17-31)42(46)40(28-33-21-14-20-32-19-8-9-22-34(32)33)44-43(47)50-30-39-37-25-12-10-23-35(37)36-24-11-13-26-38(36)39/h5-14,16-17,19-26,39-41H,3-4,15,18,27-30H2,1-2H3,(H,44,47)/t40-/m0/s1. The van der Waals surface area contributed by atoms with Crippen LogP contribution < -0.4 is 5.32 Å². The summed E-state index contributed by atoms with van der Waals surface area (Å²) in [6.07, 6.45) is 0.645. The molecule has 258 valence electrons. The summed E-state index contributed by atoms with van der Waals surface area (Å²) in [5.41, 5.74) is 6.75. The SMILES string of the molecule is CCOC(CN(CCCc1ccccc1)C(=O)[C@H](Cc1cccc2ccccc12)NC(=O)OCC1c2ccccc2-c2ccccc21)OCC. The quantitative estimate of drug-likeness (QED) is 0.107. The van der Waals surface area contributed by atoms with Crippen molar-refractivity contribution in [2.45, 2.75) is 51.4 Å². The van der Waals surface area contributed by atoms with Crippen LogP contribution in [0.4, 0.5) is 4.79 Å². The lowest BCUT2D eigenvalue weighted by atomic mass is 9.98. The van der Waals surface area contributed by atoms with Crippen LogP contribution in [0.5, 0.6) is 0 Å². The lowest BCUT2D eigenvalue weighted by Gasteiger charge is -2.31. The van der Waals surface area contributed by atoms with Gasteiger partial charge in [0.15, 0.2) is 6.29 Å². The molecule has 0 fully saturated rings. The third kappa shape index (κ3) is 8.41. The van der Waals surface area contributed by atoms with Crippen molar-refractivity contribution < 1.29 is 23.8 Å². The van der Waals surface area contributed by atoms with Gasteiger partial charge in [0.2, 0.25) is 5.91 Å². The Labute approximate surface area is 295 Å². The molecule has 5 aromatic carbocycles. The lowest BCUT2D eigenvalue weighted by Crippen LogP contribution is -2.52. The van der Waals surface area contributed by atoms with Gasteiger partial charge >= 0.3 is 6.09 Å². The molecule has 0 unspecified atom stereocenters. The molecule has 6 rings (SSSR count). The molecule has 1 aliphatic rings. The van der Waals surface area contributed by atoms with Crippen LogP contribution in [0.1, 0.15) is 48.4 Å². The van der Waals surface area contributed by atoms with Crippen molar-refractivity contribution in [1.29, 1.82) is 0 Å². The van der Waals surface area contributed by atoms with Gasteiger partial charge in [0.1, 0.15) is 12.6 Å². The van der Waals surface area contributed by atoms with Gasteiger partial charge in [-0.2, -0.15) is 0 Å². The Morgan fingerprint density at radius 2 is 1.36 bits per heavy atom. The van der Waals surface area contributed by atoms with Crippen LogP contribution in [0, 0.1) is 0 Å². The second-order valence-corrected chi connectivity index (χ2v) is 12.6. The molecular formula is C43H46N2O5. The zero-order valence-corrected chi connectivity index (χ0v) is 28.9. The number of ether oxygens (including phenoxy) is 3. The Morgan fingerprint density at radius 3 is 2.06 bits per heavy atom. The highest BCUT2D eigenvalue weighted by molar-refractivity contribution is 5.89. The number of carbonyl (C=O) groups excluding carboxylic acids is 2. The largest absolute Gasteiger partial charge is 0.449 e. The van der Waals surface area contributed by atoms with Crippen molar-refractivity contribution in [3.8, 4) is 11.1 Å². The molecule has 1 N–H and O–H groups in total. The van der Waals surface area contributed by atoms with E-state index in [1.165, 1.54) is 5.56 Å². The van der Waals surface area contributed by atoms with E-state index in [2.05, 4.69) is 59.9 Å². The number of hydrogen-bond acceptors (Lipinski definition) is 5. The zero-order valence-electron chi connectivity index (χ0n) is 28.9. The summed E-state index contributed by atoms with van der Waals surface area (Å²) in [6.45, 7) is 5.61. The zero-order chi connectivity index (χ0) is 34.7. The molecule has 0 heterocycles. The van der Waals surface area contributed by atoms with Crippen LogP contribution in [0.2, 0.25) is 0 Å². The minimum absolute atomic E-state index is 0.0898. The number of alkyl carbamates (subject to hydrolysis) is 1. The molecule has 1 aliphatic carbocycles. The molecular weight excluding hydrogens is 624 g/mol. The minimum Gasteiger partial charge on any atom is -0.449 e. The summed E-state index contributed by atoms with van der Waals surface area (Å²) in [5.74, 6) is -0.295. The summed E-state index contributed by atoms with van der Waals surface area (Å²) >= 11 is 0. The first-order chi connectivity index (χ1) is 24.6. The van der Waals surface area contributed by atoms with Gasteiger partial charge in [-0.05, 0) is 70.8 Å². The van der Waals surface area contributed by atoms with Crippen LogP contribution in [0.3, 0.4) is 0 Å². The maximum Gasteiger partial charge on any atom is 0.407 e. The van der Waals surface area contributed by atoms with E-state index in [0.29, 0.717) is 26.2 Å². The summed E-state index contributed by atoms with van der Waals surface area (Å²) in [6, 6.07) is 40.0. The van der Waals surface area contributed by atoms with Crippen molar-refractivity contribution >= 4 is 22.8 Å². The monoisotopic (exact) mass is 670 g/mol. The van der Waals surface area contributed by atoms with Gasteiger partial charge in [-0.1, -0.05) is 121 Å². The molecule has 0 bridgehead atoms. The van der Waals surface area contributed by atoms with Gasteiger partial charge in [-0.3, -0.25) is 4.79 Å². The Balaban J connectivity index is 1.24. The fourth-order valence-electron chi connectivity index (χ4n) is 7.01. The molecule has 50 heavy (non-hydrogen) atoms. The molecule has 7 nitrogen and oxygen atoms in total. The van der Waals surface area contributed by atoms with E-state index in [9.17, 15) is 9.59 Å². The van der Waals surface area contributed by atoms with Crippen LogP contribution in [-0.2, 0) is 31.8 Å². The molecule has 2 amide bonds. The van der Waals surface area contributed by atoms with Gasteiger partial charge in [0.05, 0.1) is 6.54 Å². The fourth-order valence-corrected chi connectivity index (χ4v) is 7.01. The number of rotatable bonds is 16. The molecule has 0 saturated heterocycles.